The number of benzene rings is 3. The van der Waals surface area contributed by atoms with Crippen LogP contribution in [-0.2, 0) is 15.1 Å². The number of para-hydroxylation sites is 1. The van der Waals surface area contributed by atoms with Crippen LogP contribution in [0.15, 0.2) is 72.8 Å². The van der Waals surface area contributed by atoms with E-state index in [1.165, 1.54) is 31.2 Å². The van der Waals surface area contributed by atoms with E-state index in [4.69, 9.17) is 0 Å². The van der Waals surface area contributed by atoms with E-state index >= 15 is 0 Å². The number of urea groups is 1. The van der Waals surface area contributed by atoms with E-state index in [1.54, 1.807) is 30.3 Å². The quantitative estimate of drug-likeness (QED) is 0.473. The fourth-order valence-corrected chi connectivity index (χ4v) is 3.86. The van der Waals surface area contributed by atoms with Crippen molar-refractivity contribution in [1.82, 2.24) is 10.2 Å². The van der Waals surface area contributed by atoms with Crippen molar-refractivity contribution in [2.45, 2.75) is 19.4 Å². The van der Waals surface area contributed by atoms with Crippen LogP contribution in [0.5, 0.6) is 0 Å². The number of nitrogens with one attached hydrogen (secondary N) is 3. The largest absolute Gasteiger partial charge is 0.325 e. The molecule has 0 radical (unpaired) electrons. The van der Waals surface area contributed by atoms with Crippen LogP contribution in [0.1, 0.15) is 28.4 Å². The number of hydrogen-bond acceptors (Lipinski definition) is 4. The molecule has 0 saturated carbocycles. The van der Waals surface area contributed by atoms with Crippen molar-refractivity contribution in [2.75, 3.05) is 17.2 Å². The molecular formula is C26H23FN4O4. The molecule has 3 N–H and O–H groups in total. The van der Waals surface area contributed by atoms with E-state index in [0.717, 1.165) is 10.5 Å². The molecule has 1 aliphatic rings. The van der Waals surface area contributed by atoms with Gasteiger partial charge < -0.3 is 16.0 Å². The maximum Gasteiger partial charge on any atom is 0.325 e. The maximum atomic E-state index is 13.3. The Morgan fingerprint density at radius 2 is 1.69 bits per heavy atom. The molecule has 8 nitrogen and oxygen atoms in total. The van der Waals surface area contributed by atoms with Crippen LogP contribution in [0, 0.1) is 12.7 Å². The number of rotatable bonds is 6. The topological polar surface area (TPSA) is 108 Å². The van der Waals surface area contributed by atoms with Gasteiger partial charge >= 0.3 is 6.03 Å². The van der Waals surface area contributed by atoms with Crippen LogP contribution < -0.4 is 16.0 Å². The highest BCUT2D eigenvalue weighted by molar-refractivity contribution is 6.12. The molecule has 35 heavy (non-hydrogen) atoms. The molecule has 0 aromatic heterocycles. The summed E-state index contributed by atoms with van der Waals surface area (Å²) in [5.74, 6) is -2.21. The SMILES string of the molecule is Cc1cccc(NC(=O)c2ccccc2NC(=O)CN2C(=O)N[C@](C)(c3ccc(F)cc3)C2=O)c1. The summed E-state index contributed by atoms with van der Waals surface area (Å²) in [6, 6.07) is 18.1. The van der Waals surface area contributed by atoms with E-state index in [1.807, 2.05) is 25.1 Å². The molecule has 4 rings (SSSR count). The standard InChI is InChI=1S/C26H23FN4O4/c1-16-6-5-7-19(14-16)28-23(33)20-8-3-4-9-21(20)29-22(32)15-31-24(34)26(2,30-25(31)35)17-10-12-18(27)13-11-17/h3-14H,15H2,1-2H3,(H,28,33)(H,29,32)(H,30,35)/t26-/m1/s1. The van der Waals surface area contributed by atoms with E-state index in [9.17, 15) is 23.6 Å². The lowest BCUT2D eigenvalue weighted by atomic mass is 9.92. The first-order valence-corrected chi connectivity index (χ1v) is 10.8. The molecular weight excluding hydrogens is 451 g/mol. The second-order valence-corrected chi connectivity index (χ2v) is 8.37. The van der Waals surface area contributed by atoms with Crippen molar-refractivity contribution in [3.8, 4) is 0 Å². The fourth-order valence-electron chi connectivity index (χ4n) is 3.86. The number of hydrogen-bond donors (Lipinski definition) is 3. The minimum absolute atomic E-state index is 0.218. The lowest BCUT2D eigenvalue weighted by molar-refractivity contribution is -0.133. The van der Waals surface area contributed by atoms with Gasteiger partial charge in [0, 0.05) is 5.69 Å². The van der Waals surface area contributed by atoms with Gasteiger partial charge in [0.05, 0.1) is 11.3 Å². The van der Waals surface area contributed by atoms with Gasteiger partial charge in [-0.3, -0.25) is 19.3 Å². The third kappa shape index (κ3) is 4.89. The molecule has 1 saturated heterocycles. The number of halogens is 1. The van der Waals surface area contributed by atoms with E-state index < -0.39 is 41.7 Å². The summed E-state index contributed by atoms with van der Waals surface area (Å²) in [6.07, 6.45) is 0. The number of imide groups is 1. The number of nitrogens with zero attached hydrogens (tertiary/aromatic N) is 1. The Morgan fingerprint density at radius 3 is 2.40 bits per heavy atom. The highest BCUT2D eigenvalue weighted by atomic mass is 19.1. The maximum absolute atomic E-state index is 13.3. The predicted molar refractivity (Wildman–Crippen MR) is 128 cm³/mol. The van der Waals surface area contributed by atoms with Crippen molar-refractivity contribution < 1.29 is 23.6 Å². The first-order valence-electron chi connectivity index (χ1n) is 10.8. The second kappa shape index (κ2) is 9.38. The third-order valence-electron chi connectivity index (χ3n) is 5.72. The first kappa shape index (κ1) is 23.6. The summed E-state index contributed by atoms with van der Waals surface area (Å²) in [4.78, 5) is 51.9. The van der Waals surface area contributed by atoms with Gasteiger partial charge in [-0.15, -0.1) is 0 Å². The van der Waals surface area contributed by atoms with E-state index in [0.29, 0.717) is 11.3 Å². The molecule has 0 spiro atoms. The Hall–Kier alpha value is -4.53. The highest BCUT2D eigenvalue weighted by Gasteiger charge is 2.49. The van der Waals surface area contributed by atoms with Crippen LogP contribution in [0.3, 0.4) is 0 Å². The van der Waals surface area contributed by atoms with Gasteiger partial charge in [0.1, 0.15) is 17.9 Å². The number of carbonyl (C=O) groups excluding carboxylic acids is 4. The number of anilines is 2. The Bertz CT molecular complexity index is 1320. The summed E-state index contributed by atoms with van der Waals surface area (Å²) < 4.78 is 13.3. The number of amides is 5. The van der Waals surface area contributed by atoms with Crippen LogP contribution in [0.25, 0.3) is 0 Å². The molecule has 1 fully saturated rings. The zero-order valence-electron chi connectivity index (χ0n) is 19.1. The van der Waals surface area contributed by atoms with Crippen LogP contribution >= 0.6 is 0 Å². The van der Waals surface area contributed by atoms with E-state index in [-0.39, 0.29) is 11.3 Å². The lowest BCUT2D eigenvalue weighted by Crippen LogP contribution is -2.42. The average Bonchev–Trinajstić information content (AvgIpc) is 3.03. The van der Waals surface area contributed by atoms with Crippen molar-refractivity contribution in [3.63, 3.8) is 0 Å². The molecule has 0 unspecified atom stereocenters. The minimum Gasteiger partial charge on any atom is -0.324 e. The number of aryl methyl sites for hydroxylation is 1. The molecule has 1 atom stereocenters. The Morgan fingerprint density at radius 1 is 0.971 bits per heavy atom. The molecule has 0 aliphatic carbocycles. The van der Waals surface area contributed by atoms with Gasteiger partial charge in [0.2, 0.25) is 5.91 Å². The zero-order chi connectivity index (χ0) is 25.2. The summed E-state index contributed by atoms with van der Waals surface area (Å²) in [5, 5.41) is 7.96. The average molecular weight is 474 g/mol. The molecule has 3 aromatic carbocycles. The van der Waals surface area contributed by atoms with Crippen molar-refractivity contribution in [3.05, 3.63) is 95.3 Å². The van der Waals surface area contributed by atoms with Crippen LogP contribution in [-0.4, -0.2) is 35.2 Å². The van der Waals surface area contributed by atoms with Gasteiger partial charge in [-0.25, -0.2) is 9.18 Å². The molecule has 1 aliphatic heterocycles. The van der Waals surface area contributed by atoms with Crippen molar-refractivity contribution >= 4 is 35.1 Å². The fraction of sp³-hybridized carbons (Fsp3) is 0.154. The lowest BCUT2D eigenvalue weighted by Gasteiger charge is -2.22. The van der Waals surface area contributed by atoms with Gasteiger partial charge in [-0.1, -0.05) is 36.4 Å². The molecule has 3 aromatic rings. The Balaban J connectivity index is 1.47. The second-order valence-electron chi connectivity index (χ2n) is 8.37. The van der Waals surface area contributed by atoms with Crippen molar-refractivity contribution in [2.24, 2.45) is 0 Å². The summed E-state index contributed by atoms with van der Waals surface area (Å²) >= 11 is 0. The van der Waals surface area contributed by atoms with Gasteiger partial charge in [0.15, 0.2) is 0 Å². The monoisotopic (exact) mass is 474 g/mol. The number of carbonyl (C=O) groups is 4. The molecule has 9 heteroatoms. The Labute approximate surface area is 201 Å². The third-order valence-corrected chi connectivity index (χ3v) is 5.72. The predicted octanol–water partition coefficient (Wildman–Crippen LogP) is 3.79. The van der Waals surface area contributed by atoms with Crippen LogP contribution in [0.2, 0.25) is 0 Å². The summed E-state index contributed by atoms with van der Waals surface area (Å²) in [7, 11) is 0. The smallest absolute Gasteiger partial charge is 0.324 e. The van der Waals surface area contributed by atoms with Crippen LogP contribution in [0.4, 0.5) is 20.6 Å². The van der Waals surface area contributed by atoms with Crippen molar-refractivity contribution in [1.29, 1.82) is 0 Å². The van der Waals surface area contributed by atoms with Gasteiger partial charge in [-0.05, 0) is 61.4 Å². The summed E-state index contributed by atoms with van der Waals surface area (Å²) in [6.45, 7) is 2.83. The molecule has 178 valence electrons. The van der Waals surface area contributed by atoms with Gasteiger partial charge in [-0.2, -0.15) is 0 Å². The van der Waals surface area contributed by atoms with Gasteiger partial charge in [0.25, 0.3) is 11.8 Å². The highest BCUT2D eigenvalue weighted by Crippen LogP contribution is 2.29. The summed E-state index contributed by atoms with van der Waals surface area (Å²) in [5.41, 5.74) is 0.989. The zero-order valence-corrected chi connectivity index (χ0v) is 19.1. The molecule has 5 amide bonds. The first-order chi connectivity index (χ1) is 16.7. The van der Waals surface area contributed by atoms with E-state index in [2.05, 4.69) is 16.0 Å². The molecule has 0 bridgehead atoms. The molecule has 1 heterocycles. The Kier molecular flexibility index (Phi) is 6.33. The normalized spacial score (nSPS) is 17.2. The minimum atomic E-state index is -1.43.